The van der Waals surface area contributed by atoms with E-state index >= 15 is 0 Å². The van der Waals surface area contributed by atoms with Crippen molar-refractivity contribution in [1.29, 1.82) is 0 Å². The fourth-order valence-electron chi connectivity index (χ4n) is 2.39. The summed E-state index contributed by atoms with van der Waals surface area (Å²) in [5, 5.41) is 8.71. The summed E-state index contributed by atoms with van der Waals surface area (Å²) in [6.07, 6.45) is 4.44. The number of carbonyl (C=O) groups excluding carboxylic acids is 1. The van der Waals surface area contributed by atoms with E-state index < -0.39 is 5.97 Å². The quantitative estimate of drug-likeness (QED) is 0.803. The highest BCUT2D eigenvalue weighted by atomic mass is 16.4. The predicted molar refractivity (Wildman–Crippen MR) is 65.7 cm³/mol. The molecule has 1 heterocycles. The van der Waals surface area contributed by atoms with E-state index in [4.69, 9.17) is 5.11 Å². The van der Waals surface area contributed by atoms with Crippen LogP contribution < -0.4 is 0 Å². The highest BCUT2D eigenvalue weighted by Crippen LogP contribution is 2.22. The molecule has 0 radical (unpaired) electrons. The Morgan fingerprint density at radius 1 is 1.35 bits per heavy atom. The zero-order chi connectivity index (χ0) is 12.8. The van der Waals surface area contributed by atoms with Crippen LogP contribution in [0.4, 0.5) is 0 Å². The third-order valence-corrected chi connectivity index (χ3v) is 3.22. The van der Waals surface area contributed by atoms with Crippen molar-refractivity contribution in [3.05, 3.63) is 0 Å². The van der Waals surface area contributed by atoms with Gasteiger partial charge in [-0.2, -0.15) is 0 Å². The monoisotopic (exact) mass is 241 g/mol. The van der Waals surface area contributed by atoms with Crippen molar-refractivity contribution >= 4 is 11.9 Å². The number of amides is 1. The first kappa shape index (κ1) is 14.0. The highest BCUT2D eigenvalue weighted by Gasteiger charge is 2.26. The first-order valence-electron chi connectivity index (χ1n) is 6.52. The van der Waals surface area contributed by atoms with Gasteiger partial charge in [-0.25, -0.2) is 0 Å². The highest BCUT2D eigenvalue weighted by molar-refractivity contribution is 5.77. The second kappa shape index (κ2) is 6.62. The van der Waals surface area contributed by atoms with Crippen molar-refractivity contribution in [2.24, 2.45) is 5.92 Å². The van der Waals surface area contributed by atoms with Gasteiger partial charge in [-0.1, -0.05) is 13.8 Å². The summed E-state index contributed by atoms with van der Waals surface area (Å²) >= 11 is 0. The third kappa shape index (κ3) is 4.75. The molecule has 0 aliphatic carbocycles. The van der Waals surface area contributed by atoms with Crippen LogP contribution in [0, 0.1) is 5.92 Å². The Kier molecular flexibility index (Phi) is 5.45. The zero-order valence-corrected chi connectivity index (χ0v) is 10.8. The molecular weight excluding hydrogens is 218 g/mol. The summed E-state index contributed by atoms with van der Waals surface area (Å²) < 4.78 is 0. The molecule has 0 aromatic heterocycles. The second-order valence-electron chi connectivity index (χ2n) is 5.27. The molecule has 0 spiro atoms. The van der Waals surface area contributed by atoms with E-state index in [1.807, 2.05) is 18.7 Å². The minimum atomic E-state index is -0.771. The SMILES string of the molecule is CC(C)CC(=O)N1CCCCC1CCC(=O)O. The smallest absolute Gasteiger partial charge is 0.303 e. The number of hydrogen-bond acceptors (Lipinski definition) is 2. The molecule has 0 aromatic carbocycles. The lowest BCUT2D eigenvalue weighted by Gasteiger charge is -2.36. The number of carboxylic acids is 1. The fraction of sp³-hybridized carbons (Fsp3) is 0.846. The van der Waals surface area contributed by atoms with Crippen molar-refractivity contribution in [3.8, 4) is 0 Å². The number of rotatable bonds is 5. The molecule has 1 saturated heterocycles. The molecule has 1 fully saturated rings. The van der Waals surface area contributed by atoms with E-state index in [0.717, 1.165) is 25.8 Å². The Labute approximate surface area is 103 Å². The van der Waals surface area contributed by atoms with Crippen LogP contribution in [0.25, 0.3) is 0 Å². The summed E-state index contributed by atoms with van der Waals surface area (Å²) in [6.45, 7) is 4.87. The van der Waals surface area contributed by atoms with Gasteiger partial charge >= 0.3 is 5.97 Å². The minimum absolute atomic E-state index is 0.145. The number of hydrogen-bond donors (Lipinski definition) is 1. The number of aliphatic carboxylic acids is 1. The Balaban J connectivity index is 2.52. The van der Waals surface area contributed by atoms with Crippen LogP contribution in [-0.4, -0.2) is 34.5 Å². The Hall–Kier alpha value is -1.06. The maximum absolute atomic E-state index is 12.0. The molecule has 4 heteroatoms. The maximum Gasteiger partial charge on any atom is 0.303 e. The number of likely N-dealkylation sites (tertiary alicyclic amines) is 1. The molecule has 0 saturated carbocycles. The molecule has 1 rings (SSSR count). The first-order chi connectivity index (χ1) is 8.00. The molecule has 17 heavy (non-hydrogen) atoms. The van der Waals surface area contributed by atoms with Gasteiger partial charge in [-0.3, -0.25) is 9.59 Å². The number of nitrogens with zero attached hydrogens (tertiary/aromatic N) is 1. The van der Waals surface area contributed by atoms with E-state index in [-0.39, 0.29) is 18.4 Å². The van der Waals surface area contributed by atoms with Crippen LogP contribution in [0.15, 0.2) is 0 Å². The van der Waals surface area contributed by atoms with Gasteiger partial charge in [-0.05, 0) is 31.6 Å². The topological polar surface area (TPSA) is 57.6 Å². The molecule has 1 amide bonds. The van der Waals surface area contributed by atoms with E-state index in [1.54, 1.807) is 0 Å². The molecule has 1 unspecified atom stereocenters. The largest absolute Gasteiger partial charge is 0.481 e. The van der Waals surface area contributed by atoms with Crippen LogP contribution in [0.5, 0.6) is 0 Å². The van der Waals surface area contributed by atoms with Gasteiger partial charge in [0.25, 0.3) is 0 Å². The van der Waals surface area contributed by atoms with Crippen molar-refractivity contribution < 1.29 is 14.7 Å². The van der Waals surface area contributed by atoms with Gasteiger partial charge in [0, 0.05) is 25.4 Å². The molecule has 98 valence electrons. The molecule has 1 aliphatic rings. The molecule has 1 atom stereocenters. The number of carboxylic acid groups (broad SMARTS) is 1. The van der Waals surface area contributed by atoms with E-state index in [2.05, 4.69) is 0 Å². The standard InChI is InChI=1S/C13H23NO3/c1-10(2)9-12(15)14-8-4-3-5-11(14)6-7-13(16)17/h10-11H,3-9H2,1-2H3,(H,16,17). The van der Waals surface area contributed by atoms with Crippen molar-refractivity contribution in [1.82, 2.24) is 4.90 Å². The average molecular weight is 241 g/mol. The van der Waals surface area contributed by atoms with Crippen molar-refractivity contribution in [3.63, 3.8) is 0 Å². The van der Waals surface area contributed by atoms with Crippen molar-refractivity contribution in [2.75, 3.05) is 6.54 Å². The van der Waals surface area contributed by atoms with Gasteiger partial charge in [0.05, 0.1) is 0 Å². The predicted octanol–water partition coefficient (Wildman–Crippen LogP) is 2.28. The summed E-state index contributed by atoms with van der Waals surface area (Å²) in [5.41, 5.74) is 0. The third-order valence-electron chi connectivity index (χ3n) is 3.22. The molecule has 4 nitrogen and oxygen atoms in total. The molecular formula is C13H23NO3. The summed E-state index contributed by atoms with van der Waals surface area (Å²) in [4.78, 5) is 24.5. The van der Waals surface area contributed by atoms with E-state index in [9.17, 15) is 9.59 Å². The lowest BCUT2D eigenvalue weighted by atomic mass is 9.96. The normalized spacial score (nSPS) is 20.6. The van der Waals surface area contributed by atoms with Gasteiger partial charge in [-0.15, -0.1) is 0 Å². The average Bonchev–Trinajstić information content (AvgIpc) is 2.25. The van der Waals surface area contributed by atoms with Crippen LogP contribution >= 0.6 is 0 Å². The lowest BCUT2D eigenvalue weighted by molar-refractivity contribution is -0.140. The number of carbonyl (C=O) groups is 2. The molecule has 1 aliphatic heterocycles. The van der Waals surface area contributed by atoms with Crippen molar-refractivity contribution in [2.45, 2.75) is 58.4 Å². The lowest BCUT2D eigenvalue weighted by Crippen LogP contribution is -2.44. The maximum atomic E-state index is 12.0. The van der Waals surface area contributed by atoms with Crippen LogP contribution in [-0.2, 0) is 9.59 Å². The Morgan fingerprint density at radius 3 is 2.65 bits per heavy atom. The van der Waals surface area contributed by atoms with Gasteiger partial charge in [0.2, 0.25) is 5.91 Å². The molecule has 0 aromatic rings. The number of piperidine rings is 1. The fourth-order valence-corrected chi connectivity index (χ4v) is 2.39. The van der Waals surface area contributed by atoms with Gasteiger partial charge in [0.15, 0.2) is 0 Å². The Bertz CT molecular complexity index is 276. The molecule has 1 N–H and O–H groups in total. The van der Waals surface area contributed by atoms with Gasteiger partial charge < -0.3 is 10.0 Å². The Morgan fingerprint density at radius 2 is 2.06 bits per heavy atom. The van der Waals surface area contributed by atoms with Crippen LogP contribution in [0.2, 0.25) is 0 Å². The molecule has 0 bridgehead atoms. The summed E-state index contributed by atoms with van der Waals surface area (Å²) in [5.74, 6) is -0.216. The summed E-state index contributed by atoms with van der Waals surface area (Å²) in [7, 11) is 0. The van der Waals surface area contributed by atoms with Gasteiger partial charge in [0.1, 0.15) is 0 Å². The van der Waals surface area contributed by atoms with Crippen LogP contribution in [0.1, 0.15) is 52.4 Å². The zero-order valence-electron chi connectivity index (χ0n) is 10.8. The summed E-state index contributed by atoms with van der Waals surface area (Å²) in [6, 6.07) is 0.145. The first-order valence-corrected chi connectivity index (χ1v) is 6.52. The van der Waals surface area contributed by atoms with E-state index in [0.29, 0.717) is 18.8 Å². The second-order valence-corrected chi connectivity index (χ2v) is 5.27. The van der Waals surface area contributed by atoms with E-state index in [1.165, 1.54) is 0 Å². The minimum Gasteiger partial charge on any atom is -0.481 e. The van der Waals surface area contributed by atoms with Crippen LogP contribution in [0.3, 0.4) is 0 Å².